The van der Waals surface area contributed by atoms with Crippen LogP contribution in [-0.4, -0.2) is 30.0 Å². The third-order valence-corrected chi connectivity index (χ3v) is 4.75. The zero-order chi connectivity index (χ0) is 17.9. The summed E-state index contributed by atoms with van der Waals surface area (Å²) in [6, 6.07) is 4.01. The Labute approximate surface area is 141 Å². The third kappa shape index (κ3) is 4.03. The minimum atomic E-state index is -0.502. The summed E-state index contributed by atoms with van der Waals surface area (Å²) < 4.78 is 5.17. The highest BCUT2D eigenvalue weighted by atomic mass is 16.6. The first-order valence-electron chi connectivity index (χ1n) is 8.14. The number of non-ortho nitro benzene ring substituents is 1. The molecule has 1 aromatic carbocycles. The van der Waals surface area contributed by atoms with E-state index in [4.69, 9.17) is 4.74 Å². The minimum absolute atomic E-state index is 0.0939. The van der Waals surface area contributed by atoms with Gasteiger partial charge in [0.15, 0.2) is 0 Å². The first kappa shape index (κ1) is 18.2. The summed E-state index contributed by atoms with van der Waals surface area (Å²) in [5.74, 6) is 0.152. The Hall–Kier alpha value is -2.15. The van der Waals surface area contributed by atoms with Crippen LogP contribution in [0.1, 0.15) is 40.0 Å². The lowest BCUT2D eigenvalue weighted by Gasteiger charge is -2.30. The van der Waals surface area contributed by atoms with Gasteiger partial charge < -0.3 is 15.4 Å². The number of hydrogen-bond donors (Lipinski definition) is 2. The predicted molar refractivity (Wildman–Crippen MR) is 92.3 cm³/mol. The first-order valence-corrected chi connectivity index (χ1v) is 8.14. The zero-order valence-corrected chi connectivity index (χ0v) is 14.6. The van der Waals surface area contributed by atoms with E-state index in [-0.39, 0.29) is 23.1 Å². The van der Waals surface area contributed by atoms with Crippen LogP contribution >= 0.6 is 0 Å². The molecule has 0 radical (unpaired) electrons. The summed E-state index contributed by atoms with van der Waals surface area (Å²) in [6.07, 6.45) is 3.33. The van der Waals surface area contributed by atoms with Crippen molar-refractivity contribution in [2.45, 2.75) is 52.1 Å². The Bertz CT molecular complexity index is 630. The SMILES string of the molecule is COc1ccc([N+](=O)[O-])cc1NC(=O)[C@H](C)N[C@@H]1CCCC1(C)C. The molecular weight excluding hydrogens is 310 g/mol. The molecule has 1 aromatic rings. The smallest absolute Gasteiger partial charge is 0.271 e. The number of anilines is 1. The van der Waals surface area contributed by atoms with Gasteiger partial charge in [-0.3, -0.25) is 14.9 Å². The fourth-order valence-corrected chi connectivity index (χ4v) is 3.16. The molecule has 0 heterocycles. The van der Waals surface area contributed by atoms with Crippen LogP contribution in [0.3, 0.4) is 0 Å². The number of methoxy groups -OCH3 is 1. The van der Waals surface area contributed by atoms with Gasteiger partial charge in [-0.1, -0.05) is 20.3 Å². The molecule has 2 N–H and O–H groups in total. The van der Waals surface area contributed by atoms with E-state index in [9.17, 15) is 14.9 Å². The van der Waals surface area contributed by atoms with Crippen molar-refractivity contribution < 1.29 is 14.5 Å². The van der Waals surface area contributed by atoms with Crippen molar-refractivity contribution in [3.8, 4) is 5.75 Å². The van der Waals surface area contributed by atoms with E-state index in [0.717, 1.165) is 19.3 Å². The maximum absolute atomic E-state index is 12.5. The first-order chi connectivity index (χ1) is 11.2. The van der Waals surface area contributed by atoms with Crippen LogP contribution < -0.4 is 15.4 Å². The Kier molecular flexibility index (Phi) is 5.43. The van der Waals surface area contributed by atoms with Crippen molar-refractivity contribution in [2.75, 3.05) is 12.4 Å². The molecule has 2 rings (SSSR count). The highest BCUT2D eigenvalue weighted by Gasteiger charge is 2.35. The lowest BCUT2D eigenvalue weighted by molar-refractivity contribution is -0.384. The topological polar surface area (TPSA) is 93.5 Å². The molecule has 1 aliphatic carbocycles. The van der Waals surface area contributed by atoms with Gasteiger partial charge in [0.1, 0.15) is 5.75 Å². The van der Waals surface area contributed by atoms with Crippen LogP contribution in [0.15, 0.2) is 18.2 Å². The average molecular weight is 335 g/mol. The standard InChI is InChI=1S/C17H25N3O4/c1-11(18-15-6-5-9-17(15,2)3)16(21)19-13-10-12(20(22)23)7-8-14(13)24-4/h7-8,10-11,15,18H,5-6,9H2,1-4H3,(H,19,21)/t11-,15+/m0/s1. The number of hydrogen-bond acceptors (Lipinski definition) is 5. The van der Waals surface area contributed by atoms with Gasteiger partial charge in [-0.15, -0.1) is 0 Å². The van der Waals surface area contributed by atoms with Crippen molar-refractivity contribution in [2.24, 2.45) is 5.41 Å². The largest absolute Gasteiger partial charge is 0.495 e. The summed E-state index contributed by atoms with van der Waals surface area (Å²) in [4.78, 5) is 22.9. The van der Waals surface area contributed by atoms with Gasteiger partial charge in [-0.05, 0) is 31.2 Å². The summed E-state index contributed by atoms with van der Waals surface area (Å²) in [7, 11) is 1.46. The average Bonchev–Trinajstić information content (AvgIpc) is 2.85. The number of carbonyl (C=O) groups is 1. The van der Waals surface area contributed by atoms with Crippen LogP contribution in [0.25, 0.3) is 0 Å². The van der Waals surface area contributed by atoms with Gasteiger partial charge in [0.25, 0.3) is 5.69 Å². The van der Waals surface area contributed by atoms with Crippen molar-refractivity contribution in [3.63, 3.8) is 0 Å². The number of nitro benzene ring substituents is 1. The number of ether oxygens (including phenoxy) is 1. The van der Waals surface area contributed by atoms with Crippen molar-refractivity contribution in [3.05, 3.63) is 28.3 Å². The van der Waals surface area contributed by atoms with E-state index in [1.165, 1.54) is 25.3 Å². The van der Waals surface area contributed by atoms with Crippen LogP contribution in [0.4, 0.5) is 11.4 Å². The van der Waals surface area contributed by atoms with Crippen molar-refractivity contribution >= 4 is 17.3 Å². The second-order valence-electron chi connectivity index (χ2n) is 6.95. The van der Waals surface area contributed by atoms with E-state index in [1.54, 1.807) is 6.92 Å². The molecule has 0 aromatic heterocycles. The summed E-state index contributed by atoms with van der Waals surface area (Å²) >= 11 is 0. The molecule has 7 heteroatoms. The Morgan fingerprint density at radius 3 is 2.71 bits per heavy atom. The van der Waals surface area contributed by atoms with Gasteiger partial charge in [-0.2, -0.15) is 0 Å². The number of benzene rings is 1. The molecule has 0 unspecified atom stereocenters. The van der Waals surface area contributed by atoms with Crippen LogP contribution in [-0.2, 0) is 4.79 Å². The number of rotatable bonds is 6. The maximum Gasteiger partial charge on any atom is 0.271 e. The molecular formula is C17H25N3O4. The molecule has 0 aliphatic heterocycles. The van der Waals surface area contributed by atoms with Crippen molar-refractivity contribution in [1.82, 2.24) is 5.32 Å². The third-order valence-electron chi connectivity index (χ3n) is 4.75. The van der Waals surface area contributed by atoms with Gasteiger partial charge in [-0.25, -0.2) is 0 Å². The van der Waals surface area contributed by atoms with E-state index in [2.05, 4.69) is 24.5 Å². The highest BCUT2D eigenvalue weighted by molar-refractivity contribution is 5.96. The molecule has 0 saturated heterocycles. The van der Waals surface area contributed by atoms with E-state index in [0.29, 0.717) is 11.4 Å². The van der Waals surface area contributed by atoms with Crippen LogP contribution in [0.2, 0.25) is 0 Å². The second kappa shape index (κ2) is 7.17. The van der Waals surface area contributed by atoms with Gasteiger partial charge >= 0.3 is 0 Å². The fourth-order valence-electron chi connectivity index (χ4n) is 3.16. The Balaban J connectivity index is 2.08. The van der Waals surface area contributed by atoms with Gasteiger partial charge in [0.2, 0.25) is 5.91 Å². The lowest BCUT2D eigenvalue weighted by atomic mass is 9.87. The molecule has 2 atom stereocenters. The van der Waals surface area contributed by atoms with Gasteiger partial charge in [0.05, 0.1) is 23.8 Å². The van der Waals surface area contributed by atoms with E-state index < -0.39 is 11.0 Å². The van der Waals surface area contributed by atoms with E-state index in [1.807, 2.05) is 0 Å². The number of amides is 1. The molecule has 1 amide bonds. The molecule has 132 valence electrons. The number of nitrogens with one attached hydrogen (secondary N) is 2. The molecule has 0 bridgehead atoms. The maximum atomic E-state index is 12.5. The van der Waals surface area contributed by atoms with E-state index >= 15 is 0 Å². The molecule has 0 spiro atoms. The monoisotopic (exact) mass is 335 g/mol. The van der Waals surface area contributed by atoms with Crippen molar-refractivity contribution in [1.29, 1.82) is 0 Å². The fraction of sp³-hybridized carbons (Fsp3) is 0.588. The predicted octanol–water partition coefficient (Wildman–Crippen LogP) is 3.10. The lowest BCUT2D eigenvalue weighted by Crippen LogP contribution is -2.47. The molecule has 7 nitrogen and oxygen atoms in total. The summed E-state index contributed by atoms with van der Waals surface area (Å²) in [5.41, 5.74) is 0.372. The number of nitrogens with zero attached hydrogens (tertiary/aromatic N) is 1. The number of nitro groups is 1. The Morgan fingerprint density at radius 1 is 1.46 bits per heavy atom. The number of carbonyl (C=O) groups excluding carboxylic acids is 1. The molecule has 1 saturated carbocycles. The second-order valence-corrected chi connectivity index (χ2v) is 6.95. The molecule has 1 aliphatic rings. The Morgan fingerprint density at radius 2 is 2.17 bits per heavy atom. The quantitative estimate of drug-likeness (QED) is 0.615. The van der Waals surface area contributed by atoms with Gasteiger partial charge in [0, 0.05) is 18.2 Å². The highest BCUT2D eigenvalue weighted by Crippen LogP contribution is 2.37. The van der Waals surface area contributed by atoms with Crippen LogP contribution in [0, 0.1) is 15.5 Å². The zero-order valence-electron chi connectivity index (χ0n) is 14.6. The van der Waals surface area contributed by atoms with Crippen LogP contribution in [0.5, 0.6) is 5.75 Å². The summed E-state index contributed by atoms with van der Waals surface area (Å²) in [6.45, 7) is 6.20. The molecule has 24 heavy (non-hydrogen) atoms. The molecule has 1 fully saturated rings. The minimum Gasteiger partial charge on any atom is -0.495 e. The summed E-state index contributed by atoms with van der Waals surface area (Å²) in [5, 5.41) is 17.0. The normalized spacial score (nSPS) is 20.4.